The number of rotatable bonds is 4. The number of nitrogens with one attached hydrogen (secondary N) is 1. The van der Waals surface area contributed by atoms with E-state index in [0.29, 0.717) is 11.9 Å². The number of hydrogen-bond acceptors (Lipinski definition) is 2. The van der Waals surface area contributed by atoms with Crippen molar-refractivity contribution in [2.75, 3.05) is 18.4 Å². The van der Waals surface area contributed by atoms with Gasteiger partial charge in [0.25, 0.3) is 0 Å². The summed E-state index contributed by atoms with van der Waals surface area (Å²) in [7, 11) is 0. The third-order valence-electron chi connectivity index (χ3n) is 4.81. The monoisotopic (exact) mass is 270 g/mol. The normalized spacial score (nSPS) is 24.7. The van der Waals surface area contributed by atoms with Gasteiger partial charge in [-0.15, -0.1) is 0 Å². The van der Waals surface area contributed by atoms with Crippen LogP contribution in [-0.2, 0) is 4.79 Å². The van der Waals surface area contributed by atoms with Crippen LogP contribution < -0.4 is 5.32 Å². The van der Waals surface area contributed by atoms with Crippen LogP contribution in [0.4, 0.5) is 5.69 Å². The number of para-hydroxylation sites is 1. The van der Waals surface area contributed by atoms with Crippen molar-refractivity contribution in [2.24, 2.45) is 5.92 Å². The zero-order valence-corrected chi connectivity index (χ0v) is 11.8. The van der Waals surface area contributed by atoms with Crippen LogP contribution >= 0.6 is 0 Å². The molecule has 106 valence electrons. The number of anilines is 1. The standard InChI is InChI=1S/C17H22N2O/c20-17(19(13-7-8-13)11-12-5-6-12)15-9-10-18-16-4-2-1-3-14(15)16/h1-4,12-13,15,18H,5-11H2. The van der Waals surface area contributed by atoms with E-state index in [1.807, 2.05) is 6.07 Å². The molecule has 0 saturated heterocycles. The lowest BCUT2D eigenvalue weighted by molar-refractivity contribution is -0.133. The second-order valence-corrected chi connectivity index (χ2v) is 6.52. The number of benzene rings is 1. The average molecular weight is 270 g/mol. The van der Waals surface area contributed by atoms with Gasteiger partial charge < -0.3 is 10.2 Å². The Kier molecular flexibility index (Phi) is 2.94. The van der Waals surface area contributed by atoms with Crippen molar-refractivity contribution in [3.63, 3.8) is 0 Å². The fourth-order valence-electron chi connectivity index (χ4n) is 3.31. The first-order valence-electron chi connectivity index (χ1n) is 7.96. The van der Waals surface area contributed by atoms with Crippen LogP contribution in [0.3, 0.4) is 0 Å². The molecule has 2 aliphatic carbocycles. The maximum Gasteiger partial charge on any atom is 0.230 e. The third-order valence-corrected chi connectivity index (χ3v) is 4.81. The molecule has 0 bridgehead atoms. The summed E-state index contributed by atoms with van der Waals surface area (Å²) < 4.78 is 0. The topological polar surface area (TPSA) is 32.3 Å². The van der Waals surface area contributed by atoms with E-state index >= 15 is 0 Å². The van der Waals surface area contributed by atoms with Crippen molar-refractivity contribution in [3.05, 3.63) is 29.8 Å². The van der Waals surface area contributed by atoms with E-state index in [4.69, 9.17) is 0 Å². The van der Waals surface area contributed by atoms with Crippen LogP contribution in [-0.4, -0.2) is 29.9 Å². The number of amides is 1. The third kappa shape index (κ3) is 2.30. The van der Waals surface area contributed by atoms with E-state index in [-0.39, 0.29) is 5.92 Å². The molecule has 1 unspecified atom stereocenters. The number of hydrogen-bond donors (Lipinski definition) is 1. The van der Waals surface area contributed by atoms with E-state index in [2.05, 4.69) is 28.4 Å². The smallest absolute Gasteiger partial charge is 0.230 e. The van der Waals surface area contributed by atoms with Gasteiger partial charge in [0, 0.05) is 24.8 Å². The molecule has 0 aromatic heterocycles. The van der Waals surface area contributed by atoms with E-state index < -0.39 is 0 Å². The highest BCUT2D eigenvalue weighted by Gasteiger charge is 2.40. The van der Waals surface area contributed by atoms with Gasteiger partial charge in [-0.1, -0.05) is 18.2 Å². The molecule has 1 atom stereocenters. The van der Waals surface area contributed by atoms with Gasteiger partial charge in [0.2, 0.25) is 5.91 Å². The lowest BCUT2D eigenvalue weighted by Crippen LogP contribution is -2.40. The molecule has 1 N–H and O–H groups in total. The molecule has 1 aromatic rings. The van der Waals surface area contributed by atoms with E-state index in [1.165, 1.54) is 31.2 Å². The first-order chi connectivity index (χ1) is 9.83. The Morgan fingerprint density at radius 1 is 1.15 bits per heavy atom. The second kappa shape index (κ2) is 4.80. The lowest BCUT2D eigenvalue weighted by Gasteiger charge is -2.31. The van der Waals surface area contributed by atoms with Gasteiger partial charge in [-0.05, 0) is 49.7 Å². The van der Waals surface area contributed by atoms with Crippen molar-refractivity contribution >= 4 is 11.6 Å². The summed E-state index contributed by atoms with van der Waals surface area (Å²) in [5.41, 5.74) is 2.35. The molecule has 1 aromatic carbocycles. The minimum atomic E-state index is 0.0757. The Labute approximate surface area is 120 Å². The summed E-state index contributed by atoms with van der Waals surface area (Å²) in [5.74, 6) is 1.25. The quantitative estimate of drug-likeness (QED) is 0.912. The van der Waals surface area contributed by atoms with Crippen LogP contribution in [0.5, 0.6) is 0 Å². The van der Waals surface area contributed by atoms with Crippen molar-refractivity contribution in [1.82, 2.24) is 4.90 Å². The van der Waals surface area contributed by atoms with Crippen LogP contribution in [0.2, 0.25) is 0 Å². The summed E-state index contributed by atoms with van der Waals surface area (Å²) in [6.45, 7) is 1.92. The maximum atomic E-state index is 13.0. The largest absolute Gasteiger partial charge is 0.385 e. The van der Waals surface area contributed by atoms with Crippen LogP contribution in [0.1, 0.15) is 43.6 Å². The van der Waals surface area contributed by atoms with Gasteiger partial charge in [-0.2, -0.15) is 0 Å². The highest BCUT2D eigenvalue weighted by molar-refractivity contribution is 5.87. The number of carbonyl (C=O) groups is 1. The molecule has 0 spiro atoms. The fourth-order valence-corrected chi connectivity index (χ4v) is 3.31. The number of nitrogens with zero attached hydrogens (tertiary/aromatic N) is 1. The SMILES string of the molecule is O=C(C1CCNc2ccccc21)N(CC1CC1)C1CC1. The average Bonchev–Trinajstić information content (AvgIpc) is 3.37. The molecule has 4 rings (SSSR count). The second-order valence-electron chi connectivity index (χ2n) is 6.52. The molecular weight excluding hydrogens is 248 g/mol. The van der Waals surface area contributed by atoms with E-state index in [9.17, 15) is 4.79 Å². The van der Waals surface area contributed by atoms with Crippen molar-refractivity contribution in [1.29, 1.82) is 0 Å². The summed E-state index contributed by atoms with van der Waals surface area (Å²) in [6, 6.07) is 8.85. The zero-order chi connectivity index (χ0) is 13.5. The molecule has 2 fully saturated rings. The zero-order valence-electron chi connectivity index (χ0n) is 11.8. The summed E-state index contributed by atoms with van der Waals surface area (Å²) in [5, 5.41) is 3.41. The van der Waals surface area contributed by atoms with Gasteiger partial charge in [0.05, 0.1) is 5.92 Å². The molecule has 1 amide bonds. The van der Waals surface area contributed by atoms with Crippen molar-refractivity contribution < 1.29 is 4.79 Å². The highest BCUT2D eigenvalue weighted by atomic mass is 16.2. The predicted molar refractivity (Wildman–Crippen MR) is 79.7 cm³/mol. The van der Waals surface area contributed by atoms with Gasteiger partial charge in [0.15, 0.2) is 0 Å². The number of fused-ring (bicyclic) bond motifs is 1. The van der Waals surface area contributed by atoms with Crippen LogP contribution in [0.25, 0.3) is 0 Å². The number of carbonyl (C=O) groups excluding carboxylic acids is 1. The Hall–Kier alpha value is -1.51. The first-order valence-corrected chi connectivity index (χ1v) is 7.96. The Morgan fingerprint density at radius 3 is 2.70 bits per heavy atom. The molecule has 3 nitrogen and oxygen atoms in total. The molecule has 2 saturated carbocycles. The Balaban J connectivity index is 1.58. The molecule has 1 heterocycles. The highest BCUT2D eigenvalue weighted by Crippen LogP contribution is 2.39. The molecule has 20 heavy (non-hydrogen) atoms. The molecule has 3 heteroatoms. The summed E-state index contributed by atoms with van der Waals surface area (Å²) in [6.07, 6.45) is 6.00. The van der Waals surface area contributed by atoms with Crippen molar-refractivity contribution in [2.45, 2.75) is 44.1 Å². The van der Waals surface area contributed by atoms with Crippen LogP contribution in [0.15, 0.2) is 24.3 Å². The van der Waals surface area contributed by atoms with E-state index in [1.54, 1.807) is 0 Å². The molecule has 3 aliphatic rings. The van der Waals surface area contributed by atoms with Gasteiger partial charge >= 0.3 is 0 Å². The molecular formula is C17H22N2O. The van der Waals surface area contributed by atoms with Crippen molar-refractivity contribution in [3.8, 4) is 0 Å². The minimum absolute atomic E-state index is 0.0757. The molecule has 0 radical (unpaired) electrons. The van der Waals surface area contributed by atoms with Crippen LogP contribution in [0, 0.1) is 5.92 Å². The van der Waals surface area contributed by atoms with Gasteiger partial charge in [0.1, 0.15) is 0 Å². The first kappa shape index (κ1) is 12.2. The summed E-state index contributed by atoms with van der Waals surface area (Å²) in [4.78, 5) is 15.2. The van der Waals surface area contributed by atoms with Gasteiger partial charge in [-0.3, -0.25) is 4.79 Å². The van der Waals surface area contributed by atoms with E-state index in [0.717, 1.165) is 31.1 Å². The Bertz CT molecular complexity index is 519. The molecule has 1 aliphatic heterocycles. The maximum absolute atomic E-state index is 13.0. The lowest BCUT2D eigenvalue weighted by atomic mass is 9.89. The van der Waals surface area contributed by atoms with Gasteiger partial charge in [-0.25, -0.2) is 0 Å². The predicted octanol–water partition coefficient (Wildman–Crippen LogP) is 2.99. The minimum Gasteiger partial charge on any atom is -0.385 e. The fraction of sp³-hybridized carbons (Fsp3) is 0.588. The summed E-state index contributed by atoms with van der Waals surface area (Å²) >= 11 is 0. The Morgan fingerprint density at radius 2 is 1.95 bits per heavy atom.